The Balaban J connectivity index is 2.04. The van der Waals surface area contributed by atoms with Crippen LogP contribution in [0.3, 0.4) is 0 Å². The summed E-state index contributed by atoms with van der Waals surface area (Å²) in [6.07, 6.45) is -4.95. The molecular formula is C16H16F2N4O5. The van der Waals surface area contributed by atoms with Crippen molar-refractivity contribution in [3.8, 4) is 11.3 Å². The van der Waals surface area contributed by atoms with Gasteiger partial charge in [-0.2, -0.15) is 13.8 Å². The minimum atomic E-state index is -3.82. The first-order valence-corrected chi connectivity index (χ1v) is 7.86. The molecule has 1 aliphatic heterocycles. The highest BCUT2D eigenvalue weighted by Gasteiger charge is 2.59. The third-order valence-corrected chi connectivity index (χ3v) is 4.19. The average Bonchev–Trinajstić information content (AvgIpc) is 2.84. The molecule has 2 aromatic heterocycles. The summed E-state index contributed by atoms with van der Waals surface area (Å²) in [7, 11) is 0. The van der Waals surface area contributed by atoms with Gasteiger partial charge in [-0.15, -0.1) is 0 Å². The van der Waals surface area contributed by atoms with Crippen molar-refractivity contribution in [2.75, 3.05) is 6.61 Å². The fourth-order valence-corrected chi connectivity index (χ4v) is 2.81. The molecule has 2 aromatic rings. The Morgan fingerprint density at radius 1 is 1.37 bits per heavy atom. The number of ether oxygens (including phenoxy) is 1. The van der Waals surface area contributed by atoms with Crippen molar-refractivity contribution in [3.63, 3.8) is 0 Å². The van der Waals surface area contributed by atoms with Gasteiger partial charge >= 0.3 is 11.6 Å². The van der Waals surface area contributed by atoms with Gasteiger partial charge in [-0.3, -0.25) is 9.36 Å². The van der Waals surface area contributed by atoms with Crippen LogP contribution in [-0.2, 0) is 4.74 Å². The summed E-state index contributed by atoms with van der Waals surface area (Å²) < 4.78 is 33.8. The molecule has 144 valence electrons. The molecule has 0 radical (unpaired) electrons. The number of aliphatic hydroxyl groups is 2. The van der Waals surface area contributed by atoms with Gasteiger partial charge in [0.05, 0.1) is 12.3 Å². The minimum Gasteiger partial charge on any atom is -0.394 e. The predicted octanol–water partition coefficient (Wildman–Crippen LogP) is -0.401. The molecule has 27 heavy (non-hydrogen) atoms. The third kappa shape index (κ3) is 3.20. The SMILES string of the molecule is Cc1ccc(-c2ccn([C@@H]3O[C@H](CO)[C@@H](O)C3(F)F)c(=O)n2)c(C(N)=O)n1. The zero-order valence-corrected chi connectivity index (χ0v) is 14.0. The summed E-state index contributed by atoms with van der Waals surface area (Å²) in [4.78, 5) is 31.6. The van der Waals surface area contributed by atoms with Gasteiger partial charge in [-0.1, -0.05) is 0 Å². The first kappa shape index (κ1) is 19.0. The molecule has 0 spiro atoms. The molecule has 11 heteroatoms. The second kappa shape index (κ2) is 6.76. The Morgan fingerprint density at radius 3 is 2.63 bits per heavy atom. The molecule has 3 heterocycles. The summed E-state index contributed by atoms with van der Waals surface area (Å²) in [5.41, 5.74) is 4.78. The van der Waals surface area contributed by atoms with Crippen LogP contribution in [0.5, 0.6) is 0 Å². The molecule has 0 unspecified atom stereocenters. The Bertz CT molecular complexity index is 949. The number of amides is 1. The molecule has 0 bridgehead atoms. The van der Waals surface area contributed by atoms with Gasteiger partial charge in [0, 0.05) is 17.5 Å². The smallest absolute Gasteiger partial charge is 0.350 e. The van der Waals surface area contributed by atoms with E-state index in [9.17, 15) is 23.5 Å². The molecule has 3 atom stereocenters. The maximum Gasteiger partial charge on any atom is 0.350 e. The van der Waals surface area contributed by atoms with Crippen molar-refractivity contribution in [1.29, 1.82) is 0 Å². The minimum absolute atomic E-state index is 0.0121. The number of alkyl halides is 2. The van der Waals surface area contributed by atoms with E-state index < -0.39 is 42.6 Å². The van der Waals surface area contributed by atoms with Crippen molar-refractivity contribution in [2.45, 2.75) is 31.3 Å². The second-order valence-corrected chi connectivity index (χ2v) is 6.04. The Morgan fingerprint density at radius 2 is 2.07 bits per heavy atom. The van der Waals surface area contributed by atoms with E-state index in [1.54, 1.807) is 13.0 Å². The van der Waals surface area contributed by atoms with E-state index in [-0.39, 0.29) is 17.0 Å². The van der Waals surface area contributed by atoms with Crippen molar-refractivity contribution in [3.05, 3.63) is 46.3 Å². The van der Waals surface area contributed by atoms with E-state index in [1.807, 2.05) is 0 Å². The number of pyridine rings is 1. The van der Waals surface area contributed by atoms with Crippen LogP contribution in [0.1, 0.15) is 22.4 Å². The largest absolute Gasteiger partial charge is 0.394 e. The lowest BCUT2D eigenvalue weighted by molar-refractivity contribution is -0.140. The molecule has 1 saturated heterocycles. The fraction of sp³-hybridized carbons (Fsp3) is 0.375. The Kier molecular flexibility index (Phi) is 4.76. The summed E-state index contributed by atoms with van der Waals surface area (Å²) in [5.74, 6) is -4.65. The monoisotopic (exact) mass is 382 g/mol. The number of hydrogen-bond acceptors (Lipinski definition) is 7. The topological polar surface area (TPSA) is 141 Å². The first-order chi connectivity index (χ1) is 12.7. The molecular weight excluding hydrogens is 366 g/mol. The zero-order valence-electron chi connectivity index (χ0n) is 14.0. The lowest BCUT2D eigenvalue weighted by Crippen LogP contribution is -2.41. The van der Waals surface area contributed by atoms with Gasteiger partial charge in [0.25, 0.3) is 5.91 Å². The van der Waals surface area contributed by atoms with E-state index in [0.29, 0.717) is 10.3 Å². The maximum atomic E-state index is 14.2. The number of hydrogen-bond donors (Lipinski definition) is 3. The van der Waals surface area contributed by atoms with Crippen molar-refractivity contribution < 1.29 is 28.5 Å². The predicted molar refractivity (Wildman–Crippen MR) is 86.9 cm³/mol. The Hall–Kier alpha value is -2.76. The van der Waals surface area contributed by atoms with Crippen LogP contribution in [0.2, 0.25) is 0 Å². The maximum absolute atomic E-state index is 14.2. The highest BCUT2D eigenvalue weighted by atomic mass is 19.3. The number of aromatic nitrogens is 3. The molecule has 1 fully saturated rings. The number of nitrogens with zero attached hydrogens (tertiary/aromatic N) is 3. The number of halogens is 2. The number of carbonyl (C=O) groups excluding carboxylic acids is 1. The van der Waals surface area contributed by atoms with Crippen molar-refractivity contribution in [1.82, 2.24) is 14.5 Å². The molecule has 0 aliphatic carbocycles. The lowest BCUT2D eigenvalue weighted by atomic mass is 10.1. The fourth-order valence-electron chi connectivity index (χ4n) is 2.81. The van der Waals surface area contributed by atoms with Gasteiger partial charge in [-0.05, 0) is 25.1 Å². The van der Waals surface area contributed by atoms with Crippen LogP contribution < -0.4 is 11.4 Å². The lowest BCUT2D eigenvalue weighted by Gasteiger charge is -2.21. The Labute approximate surface area is 151 Å². The first-order valence-electron chi connectivity index (χ1n) is 7.86. The zero-order chi connectivity index (χ0) is 19.9. The highest BCUT2D eigenvalue weighted by Crippen LogP contribution is 2.42. The molecule has 0 aromatic carbocycles. The van der Waals surface area contributed by atoms with E-state index >= 15 is 0 Å². The van der Waals surface area contributed by atoms with Gasteiger partial charge in [0.15, 0.2) is 6.10 Å². The third-order valence-electron chi connectivity index (χ3n) is 4.19. The molecule has 3 rings (SSSR count). The number of primary amides is 1. The number of rotatable bonds is 4. The standard InChI is InChI=1S/C16H16F2N4O5/c1-7-2-3-8(11(20-7)13(19)25)9-4-5-22(15(26)21-9)14-16(17,18)12(24)10(6-23)27-14/h2-5,10,12,14,23-24H,6H2,1H3,(H2,19,25)/t10-,12-,14-/m1/s1. The van der Waals surface area contributed by atoms with Crippen LogP contribution in [0.4, 0.5) is 8.78 Å². The molecule has 9 nitrogen and oxygen atoms in total. The van der Waals surface area contributed by atoms with Crippen LogP contribution in [0.25, 0.3) is 11.3 Å². The van der Waals surface area contributed by atoms with Crippen molar-refractivity contribution in [2.24, 2.45) is 5.73 Å². The summed E-state index contributed by atoms with van der Waals surface area (Å²) in [6.45, 7) is 0.800. The van der Waals surface area contributed by atoms with Crippen LogP contribution in [0, 0.1) is 6.92 Å². The van der Waals surface area contributed by atoms with Gasteiger partial charge in [0.1, 0.15) is 11.8 Å². The van der Waals surface area contributed by atoms with Crippen molar-refractivity contribution >= 4 is 5.91 Å². The molecule has 4 N–H and O–H groups in total. The van der Waals surface area contributed by atoms with Crippen LogP contribution >= 0.6 is 0 Å². The van der Waals surface area contributed by atoms with E-state index in [1.165, 1.54) is 12.1 Å². The summed E-state index contributed by atoms with van der Waals surface area (Å²) in [5, 5.41) is 18.6. The normalized spacial score (nSPS) is 24.1. The molecule has 1 aliphatic rings. The van der Waals surface area contributed by atoms with E-state index in [2.05, 4.69) is 9.97 Å². The number of nitrogens with two attached hydrogens (primary N) is 1. The second-order valence-electron chi connectivity index (χ2n) is 6.04. The van der Waals surface area contributed by atoms with E-state index in [4.69, 9.17) is 15.6 Å². The molecule has 0 saturated carbocycles. The highest BCUT2D eigenvalue weighted by molar-refractivity contribution is 5.97. The quantitative estimate of drug-likeness (QED) is 0.653. The van der Waals surface area contributed by atoms with Gasteiger partial charge in [-0.25, -0.2) is 9.78 Å². The van der Waals surface area contributed by atoms with Gasteiger partial charge < -0.3 is 20.7 Å². The summed E-state index contributed by atoms with van der Waals surface area (Å²) >= 11 is 0. The summed E-state index contributed by atoms with van der Waals surface area (Å²) in [6, 6.07) is 4.28. The van der Waals surface area contributed by atoms with E-state index in [0.717, 1.165) is 6.20 Å². The average molecular weight is 382 g/mol. The number of aryl methyl sites for hydroxylation is 1. The molecule has 1 amide bonds. The number of aliphatic hydroxyl groups excluding tert-OH is 2. The van der Waals surface area contributed by atoms with Crippen LogP contribution in [-0.4, -0.2) is 55.4 Å². The van der Waals surface area contributed by atoms with Gasteiger partial charge in [0.2, 0.25) is 6.23 Å². The van der Waals surface area contributed by atoms with Crippen LogP contribution in [0.15, 0.2) is 29.2 Å². The number of carbonyl (C=O) groups is 1.